The molecule has 2 amide bonds. The topological polar surface area (TPSA) is 71.5 Å². The predicted octanol–water partition coefficient (Wildman–Crippen LogP) is 2.81. The molecule has 1 atom stereocenters. The number of hydrogen-bond acceptors (Lipinski definition) is 5. The summed E-state index contributed by atoms with van der Waals surface area (Å²) in [7, 11) is 1.64. The van der Waals surface area contributed by atoms with Gasteiger partial charge in [0.25, 0.3) is 0 Å². The monoisotopic (exact) mass is 401 g/mol. The van der Waals surface area contributed by atoms with Crippen LogP contribution in [0.2, 0.25) is 0 Å². The Morgan fingerprint density at radius 1 is 1.36 bits per heavy atom. The van der Waals surface area contributed by atoms with Crippen LogP contribution in [0.5, 0.6) is 5.75 Å². The fraction of sp³-hybridized carbons (Fsp3) is 0.476. The number of ether oxygens (including phenoxy) is 1. The van der Waals surface area contributed by atoms with Crippen molar-refractivity contribution in [3.63, 3.8) is 0 Å². The van der Waals surface area contributed by atoms with Crippen molar-refractivity contribution in [3.05, 3.63) is 45.9 Å². The number of nitrogens with zero attached hydrogens (tertiary/aromatic N) is 2. The minimum absolute atomic E-state index is 0.00740. The van der Waals surface area contributed by atoms with E-state index in [2.05, 4.69) is 17.2 Å². The van der Waals surface area contributed by atoms with Crippen molar-refractivity contribution >= 4 is 23.2 Å². The molecule has 0 bridgehead atoms. The molecule has 7 heteroatoms. The summed E-state index contributed by atoms with van der Waals surface area (Å²) in [6, 6.07) is 7.86. The molecule has 2 heterocycles. The number of methoxy groups -OCH3 is 1. The van der Waals surface area contributed by atoms with Gasteiger partial charge in [-0.1, -0.05) is 19.1 Å². The number of aromatic nitrogens is 1. The number of nitrogens with one attached hydrogen (secondary N) is 1. The average Bonchev–Trinajstić information content (AvgIpc) is 3.20. The quantitative estimate of drug-likeness (QED) is 0.738. The maximum atomic E-state index is 12.6. The third-order valence-corrected chi connectivity index (χ3v) is 6.09. The molecule has 0 unspecified atom stereocenters. The summed E-state index contributed by atoms with van der Waals surface area (Å²) in [5.74, 6) is 0.802. The maximum Gasteiger partial charge on any atom is 0.225 e. The van der Waals surface area contributed by atoms with Crippen LogP contribution >= 0.6 is 11.3 Å². The first-order chi connectivity index (χ1) is 13.6. The van der Waals surface area contributed by atoms with Gasteiger partial charge < -0.3 is 15.0 Å². The molecule has 2 aromatic rings. The molecule has 1 fully saturated rings. The highest BCUT2D eigenvalue weighted by molar-refractivity contribution is 7.09. The number of hydrogen-bond donors (Lipinski definition) is 1. The highest BCUT2D eigenvalue weighted by Crippen LogP contribution is 2.19. The number of piperidine rings is 1. The molecule has 1 N–H and O–H groups in total. The Morgan fingerprint density at radius 3 is 2.82 bits per heavy atom. The first-order valence-corrected chi connectivity index (χ1v) is 10.6. The number of amides is 2. The molecule has 1 saturated heterocycles. The van der Waals surface area contributed by atoms with Gasteiger partial charge >= 0.3 is 0 Å². The molecule has 0 spiro atoms. The molecule has 0 aliphatic carbocycles. The van der Waals surface area contributed by atoms with Crippen LogP contribution in [0.15, 0.2) is 29.6 Å². The van der Waals surface area contributed by atoms with E-state index >= 15 is 0 Å². The largest absolute Gasteiger partial charge is 0.497 e. The second-order valence-corrected chi connectivity index (χ2v) is 7.92. The van der Waals surface area contributed by atoms with Crippen molar-refractivity contribution < 1.29 is 14.3 Å². The second-order valence-electron chi connectivity index (χ2n) is 6.98. The van der Waals surface area contributed by atoms with E-state index in [0.717, 1.165) is 34.9 Å². The summed E-state index contributed by atoms with van der Waals surface area (Å²) in [6.45, 7) is 3.63. The van der Waals surface area contributed by atoms with E-state index in [1.807, 2.05) is 34.5 Å². The van der Waals surface area contributed by atoms with Crippen molar-refractivity contribution in [2.75, 3.05) is 20.2 Å². The van der Waals surface area contributed by atoms with Crippen molar-refractivity contribution in [2.24, 2.45) is 5.92 Å². The summed E-state index contributed by atoms with van der Waals surface area (Å²) < 4.78 is 5.17. The number of carbonyl (C=O) groups is 2. The molecular weight excluding hydrogens is 374 g/mol. The van der Waals surface area contributed by atoms with Gasteiger partial charge in [-0.25, -0.2) is 4.98 Å². The Morgan fingerprint density at radius 2 is 2.14 bits per heavy atom. The number of rotatable bonds is 8. The summed E-state index contributed by atoms with van der Waals surface area (Å²) >= 11 is 1.62. The van der Waals surface area contributed by atoms with Crippen LogP contribution in [0.25, 0.3) is 0 Å². The maximum absolute atomic E-state index is 12.6. The van der Waals surface area contributed by atoms with Crippen molar-refractivity contribution in [1.29, 1.82) is 0 Å². The van der Waals surface area contributed by atoms with E-state index in [9.17, 15) is 9.59 Å². The Kier molecular flexibility index (Phi) is 7.03. The highest BCUT2D eigenvalue weighted by Gasteiger charge is 2.29. The van der Waals surface area contributed by atoms with Crippen molar-refractivity contribution in [2.45, 2.75) is 39.2 Å². The molecule has 0 saturated carbocycles. The molecule has 1 aliphatic heterocycles. The summed E-state index contributed by atoms with van der Waals surface area (Å²) in [5, 5.41) is 6.05. The van der Waals surface area contributed by atoms with Gasteiger partial charge in [-0.2, -0.15) is 0 Å². The van der Waals surface area contributed by atoms with Crippen molar-refractivity contribution in [1.82, 2.24) is 15.2 Å². The fourth-order valence-corrected chi connectivity index (χ4v) is 4.06. The summed E-state index contributed by atoms with van der Waals surface area (Å²) in [5.41, 5.74) is 2.05. The number of likely N-dealkylation sites (tertiary alicyclic amines) is 1. The lowest BCUT2D eigenvalue weighted by Crippen LogP contribution is -2.46. The van der Waals surface area contributed by atoms with Gasteiger partial charge in [0.1, 0.15) is 5.75 Å². The molecule has 150 valence electrons. The lowest BCUT2D eigenvalue weighted by Gasteiger charge is -2.32. The zero-order chi connectivity index (χ0) is 19.9. The SMILES string of the molecule is CCc1nc(CNC(=O)[C@@H]2CCC(=O)N(CCc3ccc(OC)cc3)C2)cs1. The lowest BCUT2D eigenvalue weighted by molar-refractivity contribution is -0.138. The van der Waals surface area contributed by atoms with Gasteiger partial charge in [-0.3, -0.25) is 9.59 Å². The van der Waals surface area contributed by atoms with E-state index < -0.39 is 0 Å². The smallest absolute Gasteiger partial charge is 0.225 e. The summed E-state index contributed by atoms with van der Waals surface area (Å²) in [4.78, 5) is 31.1. The Hall–Kier alpha value is -2.41. The highest BCUT2D eigenvalue weighted by atomic mass is 32.1. The molecule has 28 heavy (non-hydrogen) atoms. The third kappa shape index (κ3) is 5.32. The average molecular weight is 402 g/mol. The van der Waals surface area contributed by atoms with Crippen LogP contribution in [0.4, 0.5) is 0 Å². The molecule has 1 aliphatic rings. The van der Waals surface area contributed by atoms with Crippen LogP contribution in [0.1, 0.15) is 36.0 Å². The van der Waals surface area contributed by atoms with Crippen LogP contribution in [0, 0.1) is 5.92 Å². The number of carbonyl (C=O) groups excluding carboxylic acids is 2. The Labute approximate surface area is 169 Å². The fourth-order valence-electron chi connectivity index (χ4n) is 3.32. The first-order valence-electron chi connectivity index (χ1n) is 9.70. The predicted molar refractivity (Wildman–Crippen MR) is 109 cm³/mol. The number of aryl methyl sites for hydroxylation is 1. The van der Waals surface area contributed by atoms with Gasteiger partial charge in [-0.15, -0.1) is 11.3 Å². The zero-order valence-corrected chi connectivity index (χ0v) is 17.3. The molecule has 3 rings (SSSR count). The Bertz CT molecular complexity index is 803. The number of thiazole rings is 1. The molecular formula is C21H27N3O3S. The van der Waals surface area contributed by atoms with Gasteiger partial charge in [0, 0.05) is 24.9 Å². The normalized spacial score (nSPS) is 16.9. The zero-order valence-electron chi connectivity index (χ0n) is 16.4. The van der Waals surface area contributed by atoms with E-state index in [1.165, 1.54) is 0 Å². The lowest BCUT2D eigenvalue weighted by atomic mass is 9.96. The molecule has 1 aromatic carbocycles. The minimum Gasteiger partial charge on any atom is -0.497 e. The van der Waals surface area contributed by atoms with E-state index in [0.29, 0.717) is 32.5 Å². The second kappa shape index (κ2) is 9.68. The van der Waals surface area contributed by atoms with Crippen LogP contribution in [-0.2, 0) is 29.0 Å². The van der Waals surface area contributed by atoms with Gasteiger partial charge in [-0.05, 0) is 37.0 Å². The van der Waals surface area contributed by atoms with Gasteiger partial charge in [0.05, 0.1) is 30.3 Å². The molecule has 1 aromatic heterocycles. The van der Waals surface area contributed by atoms with Crippen LogP contribution < -0.4 is 10.1 Å². The van der Waals surface area contributed by atoms with E-state index in [-0.39, 0.29) is 17.7 Å². The molecule has 0 radical (unpaired) electrons. The standard InChI is InChI=1S/C21H27N3O3S/c1-3-19-23-17(14-28-19)12-22-21(26)16-6-9-20(25)24(13-16)11-10-15-4-7-18(27-2)8-5-15/h4-5,7-8,14,16H,3,6,9-13H2,1-2H3,(H,22,26)/t16-/m1/s1. The summed E-state index contributed by atoms with van der Waals surface area (Å²) in [6.07, 6.45) is 2.72. The Balaban J connectivity index is 1.49. The number of benzene rings is 1. The molecule has 6 nitrogen and oxygen atoms in total. The third-order valence-electron chi connectivity index (χ3n) is 5.05. The van der Waals surface area contributed by atoms with Crippen molar-refractivity contribution in [3.8, 4) is 5.75 Å². The van der Waals surface area contributed by atoms with Gasteiger partial charge in [0.15, 0.2) is 0 Å². The minimum atomic E-state index is -0.155. The van der Waals surface area contributed by atoms with Gasteiger partial charge in [0.2, 0.25) is 11.8 Å². The van der Waals surface area contributed by atoms with E-state index in [1.54, 1.807) is 18.4 Å². The van der Waals surface area contributed by atoms with Crippen LogP contribution in [-0.4, -0.2) is 41.9 Å². The van der Waals surface area contributed by atoms with Crippen LogP contribution in [0.3, 0.4) is 0 Å². The van der Waals surface area contributed by atoms with E-state index in [4.69, 9.17) is 4.74 Å². The first kappa shape index (κ1) is 20.3.